The quantitative estimate of drug-likeness (QED) is 0.0200. The van der Waals surface area contributed by atoms with Crippen LogP contribution in [0.1, 0.15) is 258 Å². The number of esters is 1. The van der Waals surface area contributed by atoms with E-state index in [-0.39, 0.29) is 12.8 Å². The van der Waals surface area contributed by atoms with E-state index in [0.717, 1.165) is 51.4 Å². The van der Waals surface area contributed by atoms with Crippen molar-refractivity contribution in [3.63, 3.8) is 0 Å². The van der Waals surface area contributed by atoms with Crippen molar-refractivity contribution in [2.75, 3.05) is 19.8 Å². The number of aliphatic hydroxyl groups is 1. The van der Waals surface area contributed by atoms with Gasteiger partial charge in [-0.05, 0) is 38.5 Å². The number of phosphoric acid groups is 1. The van der Waals surface area contributed by atoms with Gasteiger partial charge in [0, 0.05) is 12.8 Å². The Morgan fingerprint density at radius 2 is 0.839 bits per heavy atom. The average Bonchev–Trinajstić information content (AvgIpc) is 3.25. The van der Waals surface area contributed by atoms with E-state index in [1.54, 1.807) is 0 Å². The molecule has 0 heterocycles. The van der Waals surface area contributed by atoms with E-state index in [0.29, 0.717) is 12.8 Å². The van der Waals surface area contributed by atoms with Gasteiger partial charge in [0.2, 0.25) is 5.91 Å². The number of carbonyl (C=O) groups excluding carboxylic acids is 2. The normalized spacial score (nSPS) is 13.6. The number of amides is 1. The molecule has 0 rings (SSSR count). The monoisotopic (exact) mass is 902 g/mol. The minimum atomic E-state index is -4.76. The topological polar surface area (TPSA) is 169 Å². The summed E-state index contributed by atoms with van der Waals surface area (Å²) in [5.41, 5.74) is 0. The van der Waals surface area contributed by atoms with Crippen molar-refractivity contribution in [2.24, 2.45) is 0 Å². The Kier molecular flexibility index (Phi) is 44.5. The number of ether oxygens (including phenoxy) is 1. The summed E-state index contributed by atoms with van der Waals surface area (Å²) >= 11 is 0. The molecule has 12 heteroatoms. The van der Waals surface area contributed by atoms with Crippen molar-refractivity contribution in [3.05, 3.63) is 12.2 Å². The number of aliphatic carboxylic acids is 1. The highest BCUT2D eigenvalue weighted by atomic mass is 31.2. The number of aliphatic hydroxyl groups excluding tert-OH is 1. The van der Waals surface area contributed by atoms with Crippen LogP contribution in [0.2, 0.25) is 0 Å². The molecule has 0 fully saturated rings. The van der Waals surface area contributed by atoms with E-state index >= 15 is 0 Å². The smallest absolute Gasteiger partial charge is 0.472 e. The molecule has 0 spiro atoms. The zero-order chi connectivity index (χ0) is 45.6. The Bertz CT molecular complexity index is 1110. The molecule has 0 aromatic rings. The molecule has 0 aliphatic rings. The third-order valence-electron chi connectivity index (χ3n) is 11.6. The van der Waals surface area contributed by atoms with Crippen LogP contribution < -0.4 is 5.32 Å². The summed E-state index contributed by atoms with van der Waals surface area (Å²) in [4.78, 5) is 46.1. The van der Waals surface area contributed by atoms with Crippen LogP contribution in [0.5, 0.6) is 0 Å². The molecule has 0 bridgehead atoms. The van der Waals surface area contributed by atoms with Crippen LogP contribution in [0.25, 0.3) is 0 Å². The second kappa shape index (κ2) is 45.8. The molecule has 0 aromatic carbocycles. The maximum Gasteiger partial charge on any atom is 0.472 e. The van der Waals surface area contributed by atoms with Gasteiger partial charge in [-0.1, -0.05) is 219 Å². The lowest BCUT2D eigenvalue weighted by Crippen LogP contribution is -2.43. The summed E-state index contributed by atoms with van der Waals surface area (Å²) in [7, 11) is -4.76. The van der Waals surface area contributed by atoms with Crippen LogP contribution in [0.4, 0.5) is 0 Å². The van der Waals surface area contributed by atoms with E-state index in [1.807, 2.05) is 0 Å². The van der Waals surface area contributed by atoms with Crippen molar-refractivity contribution in [1.82, 2.24) is 5.32 Å². The molecule has 0 radical (unpaired) electrons. The molecule has 11 nitrogen and oxygen atoms in total. The highest BCUT2D eigenvalue weighted by Gasteiger charge is 2.28. The Labute approximate surface area is 379 Å². The van der Waals surface area contributed by atoms with E-state index in [9.17, 15) is 34.1 Å². The lowest BCUT2D eigenvalue weighted by molar-refractivity contribution is -0.147. The molecule has 3 atom stereocenters. The minimum absolute atomic E-state index is 0.144. The molecular formula is C50H96NO10P. The van der Waals surface area contributed by atoms with Crippen LogP contribution in [0, 0.1) is 0 Å². The second-order valence-electron chi connectivity index (χ2n) is 17.7. The first-order chi connectivity index (χ1) is 30.1. The Morgan fingerprint density at radius 3 is 1.23 bits per heavy atom. The summed E-state index contributed by atoms with van der Waals surface area (Å²) in [6.45, 7) is 2.64. The van der Waals surface area contributed by atoms with Gasteiger partial charge in [-0.25, -0.2) is 9.36 Å². The molecule has 0 saturated heterocycles. The van der Waals surface area contributed by atoms with Crippen molar-refractivity contribution >= 4 is 25.7 Å². The van der Waals surface area contributed by atoms with Crippen molar-refractivity contribution in [1.29, 1.82) is 0 Å². The summed E-state index contributed by atoms with van der Waals surface area (Å²) in [6.07, 6.45) is 48.0. The lowest BCUT2D eigenvalue weighted by Gasteiger charge is -2.18. The van der Waals surface area contributed by atoms with Gasteiger partial charge in [0.05, 0.1) is 13.2 Å². The first-order valence-corrected chi connectivity index (χ1v) is 27.2. The maximum absolute atomic E-state index is 12.3. The maximum atomic E-state index is 12.3. The van der Waals surface area contributed by atoms with Gasteiger partial charge >= 0.3 is 19.8 Å². The number of phosphoric ester groups is 1. The molecule has 0 aromatic heterocycles. The van der Waals surface area contributed by atoms with Gasteiger partial charge in [-0.3, -0.25) is 18.6 Å². The predicted octanol–water partition coefficient (Wildman–Crippen LogP) is 14.0. The standard InChI is InChI=1S/C50H96NO10P/c1-3-5-7-9-11-13-15-17-19-21-23-24-26-28-30-32-34-36-38-40-42-49(54)59-43-46(52)44-60-62(57,58)61-45-47(50(55)56)51-48(53)41-39-37-35-33-31-29-27-25-22-20-18-16-14-12-10-8-6-4-2/h20,22,46-47,52H,3-19,21,23-45H2,1-2H3,(H,51,53)(H,55,56)(H,57,58)/b22-20-. The lowest BCUT2D eigenvalue weighted by atomic mass is 10.0. The van der Waals surface area contributed by atoms with E-state index < -0.39 is 57.6 Å². The molecular weight excluding hydrogens is 806 g/mol. The van der Waals surface area contributed by atoms with Gasteiger partial charge in [-0.15, -0.1) is 0 Å². The van der Waals surface area contributed by atoms with E-state index in [1.165, 1.54) is 167 Å². The largest absolute Gasteiger partial charge is 0.480 e. The number of rotatable bonds is 49. The van der Waals surface area contributed by atoms with Crippen molar-refractivity contribution in [2.45, 2.75) is 270 Å². The van der Waals surface area contributed by atoms with Gasteiger partial charge in [0.15, 0.2) is 6.04 Å². The Morgan fingerprint density at radius 1 is 0.500 bits per heavy atom. The first kappa shape index (κ1) is 60.2. The van der Waals surface area contributed by atoms with E-state index in [2.05, 4.69) is 31.3 Å². The third-order valence-corrected chi connectivity index (χ3v) is 12.5. The third kappa shape index (κ3) is 44.8. The minimum Gasteiger partial charge on any atom is -0.480 e. The van der Waals surface area contributed by atoms with E-state index in [4.69, 9.17) is 13.8 Å². The molecule has 3 unspecified atom stereocenters. The SMILES string of the molecule is CCCCCCCCC/C=C\CCCCCCCCCC(=O)NC(COP(=O)(O)OCC(O)COC(=O)CCCCCCCCCCCCCCCCCCCCCC)C(=O)O. The zero-order valence-electron chi connectivity index (χ0n) is 39.9. The molecule has 0 aliphatic heterocycles. The van der Waals surface area contributed by atoms with Crippen LogP contribution >= 0.6 is 7.82 Å². The van der Waals surface area contributed by atoms with Gasteiger partial charge in [-0.2, -0.15) is 0 Å². The Balaban J connectivity index is 3.80. The highest BCUT2D eigenvalue weighted by Crippen LogP contribution is 2.43. The molecule has 4 N–H and O–H groups in total. The Hall–Kier alpha value is -1.78. The number of allylic oxidation sites excluding steroid dienone is 2. The molecule has 1 amide bonds. The number of hydrogen-bond donors (Lipinski definition) is 4. The number of carboxylic acid groups (broad SMARTS) is 1. The molecule has 366 valence electrons. The first-order valence-electron chi connectivity index (χ1n) is 25.7. The van der Waals surface area contributed by atoms with Crippen LogP contribution in [0.3, 0.4) is 0 Å². The summed E-state index contributed by atoms with van der Waals surface area (Å²) in [6, 6.07) is -1.55. The molecule has 0 saturated carbocycles. The van der Waals surface area contributed by atoms with Gasteiger partial charge in [0.25, 0.3) is 0 Å². The fourth-order valence-corrected chi connectivity index (χ4v) is 8.32. The van der Waals surface area contributed by atoms with Crippen LogP contribution in [-0.4, -0.2) is 64.9 Å². The van der Waals surface area contributed by atoms with Crippen LogP contribution in [0.15, 0.2) is 12.2 Å². The van der Waals surface area contributed by atoms with Crippen molar-refractivity contribution in [3.8, 4) is 0 Å². The number of carbonyl (C=O) groups is 3. The number of hydrogen-bond acceptors (Lipinski definition) is 8. The van der Waals surface area contributed by atoms with Crippen molar-refractivity contribution < 1.29 is 47.8 Å². The van der Waals surface area contributed by atoms with Gasteiger partial charge in [0.1, 0.15) is 12.7 Å². The number of carboxylic acids is 1. The van der Waals surface area contributed by atoms with Gasteiger partial charge < -0.3 is 25.2 Å². The second-order valence-corrected chi connectivity index (χ2v) is 19.2. The molecule has 0 aliphatic carbocycles. The average molecular weight is 902 g/mol. The van der Waals surface area contributed by atoms with Crippen LogP contribution in [-0.2, 0) is 32.7 Å². The predicted molar refractivity (Wildman–Crippen MR) is 254 cm³/mol. The fraction of sp³-hybridized carbons (Fsp3) is 0.900. The fourth-order valence-electron chi connectivity index (χ4n) is 7.55. The molecule has 62 heavy (non-hydrogen) atoms. The summed E-state index contributed by atoms with van der Waals surface area (Å²) in [5, 5.41) is 21.9. The summed E-state index contributed by atoms with van der Waals surface area (Å²) in [5.74, 6) is -2.36. The number of unbranched alkanes of at least 4 members (excludes halogenated alkanes) is 33. The zero-order valence-corrected chi connectivity index (χ0v) is 40.8. The number of nitrogens with one attached hydrogen (secondary N) is 1. The summed E-state index contributed by atoms with van der Waals surface area (Å²) < 4.78 is 26.9. The highest BCUT2D eigenvalue weighted by molar-refractivity contribution is 7.47.